The molecule has 1 amide bonds. The van der Waals surface area contributed by atoms with Crippen LogP contribution in [-0.4, -0.2) is 24.2 Å². The Morgan fingerprint density at radius 2 is 1.78 bits per heavy atom. The molecule has 144 valence electrons. The van der Waals surface area contributed by atoms with Crippen molar-refractivity contribution in [2.24, 2.45) is 5.92 Å². The van der Waals surface area contributed by atoms with Crippen molar-refractivity contribution in [2.45, 2.75) is 27.2 Å². The molecule has 2 aromatic carbocycles. The molecule has 5 nitrogen and oxygen atoms in total. The third-order valence-corrected chi connectivity index (χ3v) is 3.68. The maximum atomic E-state index is 12.4. The van der Waals surface area contributed by atoms with Crippen molar-refractivity contribution in [3.8, 4) is 11.5 Å². The molecule has 0 atom stereocenters. The fourth-order valence-electron chi connectivity index (χ4n) is 2.21. The van der Waals surface area contributed by atoms with E-state index in [2.05, 4.69) is 24.5 Å². The van der Waals surface area contributed by atoms with Crippen LogP contribution in [0.15, 0.2) is 48.5 Å². The first kappa shape index (κ1) is 20.7. The van der Waals surface area contributed by atoms with Crippen LogP contribution in [0, 0.1) is 5.92 Å². The molecular formula is C21H26N2O3S. The van der Waals surface area contributed by atoms with Gasteiger partial charge < -0.3 is 14.8 Å². The summed E-state index contributed by atoms with van der Waals surface area (Å²) in [5, 5.41) is 5.91. The standard InChI is InChI=1S/C21H26N2O3S/c1-4-11-25-18-9-5-7-16(12-18)20(24)23-21(27)22-17-8-6-10-19(13-17)26-14-15(2)3/h5-10,12-13,15H,4,11,14H2,1-3H3,(H2,22,23,24,27). The topological polar surface area (TPSA) is 59.6 Å². The Kier molecular flexibility index (Phi) is 8.07. The van der Waals surface area contributed by atoms with E-state index >= 15 is 0 Å². The maximum Gasteiger partial charge on any atom is 0.257 e. The van der Waals surface area contributed by atoms with Crippen molar-refractivity contribution < 1.29 is 14.3 Å². The van der Waals surface area contributed by atoms with E-state index in [0.717, 1.165) is 17.9 Å². The molecule has 2 rings (SSSR count). The van der Waals surface area contributed by atoms with Gasteiger partial charge >= 0.3 is 0 Å². The first-order valence-electron chi connectivity index (χ1n) is 9.06. The van der Waals surface area contributed by atoms with E-state index < -0.39 is 0 Å². The summed E-state index contributed by atoms with van der Waals surface area (Å²) < 4.78 is 11.3. The number of amides is 1. The Bertz CT molecular complexity index is 778. The Morgan fingerprint density at radius 3 is 2.48 bits per heavy atom. The second kappa shape index (κ2) is 10.5. The van der Waals surface area contributed by atoms with Crippen LogP contribution in [0.1, 0.15) is 37.6 Å². The number of carbonyl (C=O) groups is 1. The molecule has 0 aliphatic carbocycles. The van der Waals surface area contributed by atoms with E-state index in [9.17, 15) is 4.79 Å². The summed E-state index contributed by atoms with van der Waals surface area (Å²) in [5.74, 6) is 1.57. The molecule has 0 aromatic heterocycles. The van der Waals surface area contributed by atoms with Crippen LogP contribution >= 0.6 is 12.2 Å². The highest BCUT2D eigenvalue weighted by atomic mass is 32.1. The van der Waals surface area contributed by atoms with Gasteiger partial charge in [-0.2, -0.15) is 0 Å². The third-order valence-electron chi connectivity index (χ3n) is 3.47. The van der Waals surface area contributed by atoms with Gasteiger partial charge in [0, 0.05) is 17.3 Å². The molecule has 2 N–H and O–H groups in total. The van der Waals surface area contributed by atoms with Gasteiger partial charge in [-0.25, -0.2) is 0 Å². The van der Waals surface area contributed by atoms with Crippen molar-refractivity contribution in [2.75, 3.05) is 18.5 Å². The molecule has 0 fully saturated rings. The van der Waals surface area contributed by atoms with Gasteiger partial charge in [-0.05, 0) is 54.9 Å². The van der Waals surface area contributed by atoms with Crippen LogP contribution in [0.3, 0.4) is 0 Å². The van der Waals surface area contributed by atoms with Crippen molar-refractivity contribution in [1.82, 2.24) is 5.32 Å². The van der Waals surface area contributed by atoms with Gasteiger partial charge in [-0.3, -0.25) is 10.1 Å². The minimum absolute atomic E-state index is 0.223. The first-order chi connectivity index (χ1) is 13.0. The highest BCUT2D eigenvalue weighted by molar-refractivity contribution is 7.80. The summed E-state index contributed by atoms with van der Waals surface area (Å²) in [4.78, 5) is 12.4. The van der Waals surface area contributed by atoms with Gasteiger partial charge in [0.1, 0.15) is 11.5 Å². The van der Waals surface area contributed by atoms with Gasteiger partial charge in [0.05, 0.1) is 13.2 Å². The number of benzene rings is 2. The van der Waals surface area contributed by atoms with Gasteiger partial charge in [-0.1, -0.05) is 32.9 Å². The Balaban J connectivity index is 1.93. The number of thiocarbonyl (C=S) groups is 1. The van der Waals surface area contributed by atoms with Gasteiger partial charge in [-0.15, -0.1) is 0 Å². The molecule has 27 heavy (non-hydrogen) atoms. The lowest BCUT2D eigenvalue weighted by molar-refractivity contribution is 0.0977. The monoisotopic (exact) mass is 386 g/mol. The van der Waals surface area contributed by atoms with E-state index in [1.165, 1.54) is 0 Å². The number of nitrogens with one attached hydrogen (secondary N) is 2. The summed E-state index contributed by atoms with van der Waals surface area (Å²) in [6.45, 7) is 7.47. The average molecular weight is 387 g/mol. The predicted octanol–water partition coefficient (Wildman–Crippen LogP) is 4.64. The molecule has 0 bridgehead atoms. The average Bonchev–Trinajstić information content (AvgIpc) is 2.65. The Morgan fingerprint density at radius 1 is 1.07 bits per heavy atom. The van der Waals surface area contributed by atoms with E-state index in [-0.39, 0.29) is 11.0 Å². The van der Waals surface area contributed by atoms with Gasteiger partial charge in [0.2, 0.25) is 0 Å². The molecule has 0 saturated carbocycles. The normalized spacial score (nSPS) is 10.4. The number of ether oxygens (including phenoxy) is 2. The number of hydrogen-bond acceptors (Lipinski definition) is 4. The molecule has 0 aliphatic rings. The lowest BCUT2D eigenvalue weighted by Gasteiger charge is -2.13. The summed E-state index contributed by atoms with van der Waals surface area (Å²) >= 11 is 5.25. The highest BCUT2D eigenvalue weighted by Gasteiger charge is 2.09. The quantitative estimate of drug-likeness (QED) is 0.648. The number of anilines is 1. The minimum atomic E-state index is -0.290. The largest absolute Gasteiger partial charge is 0.494 e. The molecule has 0 aliphatic heterocycles. The van der Waals surface area contributed by atoms with E-state index in [1.54, 1.807) is 18.2 Å². The second-order valence-corrected chi connectivity index (χ2v) is 6.93. The van der Waals surface area contributed by atoms with E-state index in [1.807, 2.05) is 37.3 Å². The molecule has 0 saturated heterocycles. The number of carbonyl (C=O) groups excluding carboxylic acids is 1. The van der Waals surface area contributed by atoms with Crippen LogP contribution in [0.2, 0.25) is 0 Å². The molecule has 0 heterocycles. The first-order valence-corrected chi connectivity index (χ1v) is 9.46. The zero-order chi connectivity index (χ0) is 19.6. The van der Waals surface area contributed by atoms with E-state index in [0.29, 0.717) is 30.4 Å². The lowest BCUT2D eigenvalue weighted by Crippen LogP contribution is -2.34. The zero-order valence-electron chi connectivity index (χ0n) is 16.0. The van der Waals surface area contributed by atoms with Crippen molar-refractivity contribution in [3.05, 3.63) is 54.1 Å². The zero-order valence-corrected chi connectivity index (χ0v) is 16.8. The molecule has 0 spiro atoms. The van der Waals surface area contributed by atoms with Gasteiger partial charge in [0.25, 0.3) is 5.91 Å². The Hall–Kier alpha value is -2.60. The molecule has 2 aromatic rings. The van der Waals surface area contributed by atoms with Crippen LogP contribution in [-0.2, 0) is 0 Å². The van der Waals surface area contributed by atoms with Crippen molar-refractivity contribution in [3.63, 3.8) is 0 Å². The predicted molar refractivity (Wildman–Crippen MR) is 113 cm³/mol. The summed E-state index contributed by atoms with van der Waals surface area (Å²) in [5.41, 5.74) is 1.24. The van der Waals surface area contributed by atoms with Gasteiger partial charge in [0.15, 0.2) is 5.11 Å². The van der Waals surface area contributed by atoms with E-state index in [4.69, 9.17) is 21.7 Å². The fourth-order valence-corrected chi connectivity index (χ4v) is 2.42. The molecule has 6 heteroatoms. The van der Waals surface area contributed by atoms with Crippen LogP contribution in [0.25, 0.3) is 0 Å². The summed E-state index contributed by atoms with van der Waals surface area (Å²) in [6.07, 6.45) is 0.907. The summed E-state index contributed by atoms with van der Waals surface area (Å²) in [6, 6.07) is 14.5. The highest BCUT2D eigenvalue weighted by Crippen LogP contribution is 2.18. The Labute approximate surface area is 166 Å². The molecule has 0 unspecified atom stereocenters. The smallest absolute Gasteiger partial charge is 0.257 e. The van der Waals surface area contributed by atoms with Crippen LogP contribution in [0.5, 0.6) is 11.5 Å². The maximum absolute atomic E-state index is 12.4. The summed E-state index contributed by atoms with van der Waals surface area (Å²) in [7, 11) is 0. The third kappa shape index (κ3) is 7.27. The fraction of sp³-hybridized carbons (Fsp3) is 0.333. The lowest BCUT2D eigenvalue weighted by atomic mass is 10.2. The second-order valence-electron chi connectivity index (χ2n) is 6.52. The van der Waals surface area contributed by atoms with Crippen LogP contribution in [0.4, 0.5) is 5.69 Å². The SMILES string of the molecule is CCCOc1cccc(C(=O)NC(=S)Nc2cccc(OCC(C)C)c2)c1. The van der Waals surface area contributed by atoms with Crippen molar-refractivity contribution >= 4 is 28.9 Å². The number of rotatable bonds is 8. The van der Waals surface area contributed by atoms with Crippen molar-refractivity contribution in [1.29, 1.82) is 0 Å². The molecular weight excluding hydrogens is 360 g/mol. The molecule has 0 radical (unpaired) electrons. The number of hydrogen-bond donors (Lipinski definition) is 2. The van der Waals surface area contributed by atoms with Crippen LogP contribution < -0.4 is 20.1 Å². The minimum Gasteiger partial charge on any atom is -0.494 e.